The molecule has 0 rings (SSSR count). The van der Waals surface area contributed by atoms with E-state index in [1.807, 2.05) is 0 Å². The minimum absolute atomic E-state index is 0.201. The number of carbonyl (C=O) groups is 2. The normalized spacial score (nSPS) is 11.2. The van der Waals surface area contributed by atoms with Crippen molar-refractivity contribution in [1.82, 2.24) is 0 Å². The Kier molecular flexibility index (Phi) is 10.4. The fourth-order valence-electron chi connectivity index (χ4n) is 2.63. The molecule has 0 radical (unpaired) electrons. The summed E-state index contributed by atoms with van der Waals surface area (Å²) in [5, 5.41) is 0. The summed E-state index contributed by atoms with van der Waals surface area (Å²) in [6.45, 7) is 8.42. The van der Waals surface area contributed by atoms with Gasteiger partial charge in [-0.25, -0.2) is 0 Å². The number of ether oxygens (including phenoxy) is 2. The van der Waals surface area contributed by atoms with Gasteiger partial charge in [0.05, 0.1) is 0 Å². The van der Waals surface area contributed by atoms with Gasteiger partial charge in [-0.3, -0.25) is 0 Å². The first-order valence-electron chi connectivity index (χ1n) is 7.22. The summed E-state index contributed by atoms with van der Waals surface area (Å²) in [6, 6.07) is 0. The zero-order chi connectivity index (χ0) is 14.7. The minimum atomic E-state index is -2.30. The Morgan fingerprint density at radius 3 is 1.42 bits per heavy atom. The van der Waals surface area contributed by atoms with E-state index in [4.69, 9.17) is 9.47 Å². The molecule has 0 spiro atoms. The SMILES string of the molecule is CC[CH2][Sn]([CH2]CC)([CH2]COC(C)=O)[CH2]COC(C)=O. The van der Waals surface area contributed by atoms with E-state index >= 15 is 0 Å². The molecule has 0 fully saturated rings. The van der Waals surface area contributed by atoms with Crippen LogP contribution < -0.4 is 0 Å². The molecule has 0 bridgehead atoms. The maximum absolute atomic E-state index is 10.9. The first-order valence-corrected chi connectivity index (χ1v) is 15.3. The molecule has 0 aliphatic carbocycles. The van der Waals surface area contributed by atoms with E-state index in [0.717, 1.165) is 8.87 Å². The second kappa shape index (κ2) is 10.5. The van der Waals surface area contributed by atoms with Gasteiger partial charge in [0.25, 0.3) is 0 Å². The Hall–Kier alpha value is -0.261. The Bertz CT molecular complexity index is 251. The third kappa shape index (κ3) is 9.30. The molecule has 112 valence electrons. The molecule has 0 heterocycles. The van der Waals surface area contributed by atoms with Crippen molar-refractivity contribution >= 4 is 30.3 Å². The zero-order valence-electron chi connectivity index (χ0n) is 12.8. The molecule has 0 aliphatic heterocycles. The van der Waals surface area contributed by atoms with Crippen molar-refractivity contribution in [2.75, 3.05) is 13.2 Å². The summed E-state index contributed by atoms with van der Waals surface area (Å²) in [5.41, 5.74) is 0. The predicted molar refractivity (Wildman–Crippen MR) is 78.8 cm³/mol. The molecule has 0 N–H and O–H groups in total. The molecule has 19 heavy (non-hydrogen) atoms. The number of hydrogen-bond donors (Lipinski definition) is 0. The van der Waals surface area contributed by atoms with E-state index < -0.39 is 18.4 Å². The van der Waals surface area contributed by atoms with Crippen LogP contribution in [0.5, 0.6) is 0 Å². The van der Waals surface area contributed by atoms with Crippen LogP contribution in [-0.4, -0.2) is 43.5 Å². The van der Waals surface area contributed by atoms with Crippen molar-refractivity contribution in [3.8, 4) is 0 Å². The Balaban J connectivity index is 4.46. The van der Waals surface area contributed by atoms with Crippen LogP contribution in [0.3, 0.4) is 0 Å². The molecule has 4 nitrogen and oxygen atoms in total. The molecule has 0 saturated heterocycles. The van der Waals surface area contributed by atoms with E-state index in [1.165, 1.54) is 35.6 Å². The van der Waals surface area contributed by atoms with E-state index in [9.17, 15) is 9.59 Å². The van der Waals surface area contributed by atoms with Gasteiger partial charge in [-0.15, -0.1) is 0 Å². The van der Waals surface area contributed by atoms with Crippen molar-refractivity contribution in [3.05, 3.63) is 0 Å². The molecule has 5 heteroatoms. The summed E-state index contributed by atoms with van der Waals surface area (Å²) in [7, 11) is 0. The van der Waals surface area contributed by atoms with Crippen LogP contribution in [0.25, 0.3) is 0 Å². The standard InChI is InChI=1S/2C4H7O2.2C3H7.Sn/c2*1-3-6-4(2)5;2*1-3-2;/h2*1,3H2,2H3;2*1,3H2,2H3;. The molecule has 0 aromatic rings. The molecular formula is C14H28O4Sn. The van der Waals surface area contributed by atoms with Crippen LogP contribution >= 0.6 is 0 Å². The number of carbonyl (C=O) groups excluding carboxylic acids is 2. The van der Waals surface area contributed by atoms with E-state index in [1.54, 1.807) is 0 Å². The van der Waals surface area contributed by atoms with Gasteiger partial charge in [0.2, 0.25) is 0 Å². The van der Waals surface area contributed by atoms with Gasteiger partial charge >= 0.3 is 121 Å². The molecule has 0 atom stereocenters. The van der Waals surface area contributed by atoms with Crippen molar-refractivity contribution in [2.45, 2.75) is 58.3 Å². The summed E-state index contributed by atoms with van der Waals surface area (Å²) in [6.07, 6.45) is 2.35. The summed E-state index contributed by atoms with van der Waals surface area (Å²) in [4.78, 5) is 21.8. The third-order valence-corrected chi connectivity index (χ3v) is 19.6. The molecule has 0 amide bonds. The van der Waals surface area contributed by atoms with Gasteiger partial charge < -0.3 is 0 Å². The third-order valence-electron chi connectivity index (χ3n) is 3.44. The van der Waals surface area contributed by atoms with Crippen molar-refractivity contribution in [2.24, 2.45) is 0 Å². The van der Waals surface area contributed by atoms with Crippen LogP contribution in [0.2, 0.25) is 17.7 Å². The predicted octanol–water partition coefficient (Wildman–Crippen LogP) is 3.38. The number of hydrogen-bond acceptors (Lipinski definition) is 4. The van der Waals surface area contributed by atoms with Crippen molar-refractivity contribution in [3.63, 3.8) is 0 Å². The van der Waals surface area contributed by atoms with Crippen LogP contribution in [0.15, 0.2) is 0 Å². The van der Waals surface area contributed by atoms with Gasteiger partial charge in [-0.1, -0.05) is 0 Å². The number of esters is 2. The van der Waals surface area contributed by atoms with Crippen molar-refractivity contribution in [1.29, 1.82) is 0 Å². The molecule has 0 unspecified atom stereocenters. The average Bonchev–Trinajstić information content (AvgIpc) is 2.28. The van der Waals surface area contributed by atoms with Gasteiger partial charge in [0, 0.05) is 0 Å². The van der Waals surface area contributed by atoms with Crippen LogP contribution in [0, 0.1) is 0 Å². The fourth-order valence-corrected chi connectivity index (χ4v) is 16.0. The monoisotopic (exact) mass is 380 g/mol. The second-order valence-corrected chi connectivity index (χ2v) is 19.5. The summed E-state index contributed by atoms with van der Waals surface area (Å²) < 4.78 is 14.9. The van der Waals surface area contributed by atoms with Crippen molar-refractivity contribution < 1.29 is 19.1 Å². The van der Waals surface area contributed by atoms with Crippen LogP contribution in [0.4, 0.5) is 0 Å². The molecule has 0 aliphatic rings. The molecule has 0 saturated carbocycles. The second-order valence-electron chi connectivity index (χ2n) is 5.18. The van der Waals surface area contributed by atoms with E-state index in [-0.39, 0.29) is 11.9 Å². The van der Waals surface area contributed by atoms with E-state index in [0.29, 0.717) is 13.2 Å². The molecule has 0 aromatic heterocycles. The first kappa shape index (κ1) is 18.7. The average molecular weight is 379 g/mol. The fraction of sp³-hybridized carbons (Fsp3) is 0.857. The molecular weight excluding hydrogens is 351 g/mol. The van der Waals surface area contributed by atoms with Crippen LogP contribution in [-0.2, 0) is 19.1 Å². The Labute approximate surface area is 121 Å². The Morgan fingerprint density at radius 2 is 1.16 bits per heavy atom. The summed E-state index contributed by atoms with van der Waals surface area (Å²) >= 11 is -2.30. The van der Waals surface area contributed by atoms with Gasteiger partial charge in [0.1, 0.15) is 0 Å². The van der Waals surface area contributed by atoms with Gasteiger partial charge in [-0.05, 0) is 0 Å². The number of rotatable bonds is 10. The van der Waals surface area contributed by atoms with E-state index in [2.05, 4.69) is 13.8 Å². The summed E-state index contributed by atoms with van der Waals surface area (Å²) in [5.74, 6) is -0.402. The zero-order valence-corrected chi connectivity index (χ0v) is 15.6. The molecule has 0 aromatic carbocycles. The Morgan fingerprint density at radius 1 is 0.789 bits per heavy atom. The van der Waals surface area contributed by atoms with Gasteiger partial charge in [0.15, 0.2) is 0 Å². The quantitative estimate of drug-likeness (QED) is 0.432. The van der Waals surface area contributed by atoms with Gasteiger partial charge in [-0.2, -0.15) is 0 Å². The maximum atomic E-state index is 10.9. The topological polar surface area (TPSA) is 52.6 Å². The van der Waals surface area contributed by atoms with Crippen LogP contribution in [0.1, 0.15) is 40.5 Å². The first-order chi connectivity index (χ1) is 8.95.